The van der Waals surface area contributed by atoms with Crippen molar-refractivity contribution in [2.75, 3.05) is 0 Å². The highest BCUT2D eigenvalue weighted by Gasteiger charge is 2.12. The second-order valence-corrected chi connectivity index (χ2v) is 3.13. The molecule has 0 aliphatic heterocycles. The molecule has 0 aromatic carbocycles. The number of aromatic amines is 1. The van der Waals surface area contributed by atoms with Crippen molar-refractivity contribution in [2.24, 2.45) is 0 Å². The summed E-state index contributed by atoms with van der Waals surface area (Å²) >= 11 is 2.88. The van der Waals surface area contributed by atoms with E-state index in [1.165, 1.54) is 0 Å². The number of hydrogen-bond acceptors (Lipinski definition) is 2. The first-order valence-electron chi connectivity index (χ1n) is 3.37. The maximum Gasteiger partial charge on any atom is 0.278 e. The average Bonchev–Trinajstić information content (AvgIpc) is 2.03. The van der Waals surface area contributed by atoms with Gasteiger partial charge in [0.1, 0.15) is 0 Å². The van der Waals surface area contributed by atoms with Crippen molar-refractivity contribution < 1.29 is 13.9 Å². The standard InChI is InChI=1S/C7H6BrF2NO2/c8-6-3(2-12)5(13)1-4(11-6)7(9)10/h1,7,12H,2H2,(H,11,13). The normalized spacial score (nSPS) is 10.8. The van der Waals surface area contributed by atoms with Crippen LogP contribution >= 0.6 is 15.9 Å². The van der Waals surface area contributed by atoms with E-state index in [0.717, 1.165) is 6.07 Å². The number of rotatable bonds is 2. The summed E-state index contributed by atoms with van der Waals surface area (Å²) in [4.78, 5) is 13.3. The summed E-state index contributed by atoms with van der Waals surface area (Å²) in [6.07, 6.45) is -2.73. The zero-order valence-electron chi connectivity index (χ0n) is 6.35. The first kappa shape index (κ1) is 10.3. The summed E-state index contributed by atoms with van der Waals surface area (Å²) in [7, 11) is 0. The van der Waals surface area contributed by atoms with E-state index in [-0.39, 0.29) is 10.2 Å². The van der Waals surface area contributed by atoms with Gasteiger partial charge in [0.15, 0.2) is 5.43 Å². The van der Waals surface area contributed by atoms with Crippen LogP contribution in [0, 0.1) is 0 Å². The molecule has 0 saturated carbocycles. The molecule has 0 bridgehead atoms. The largest absolute Gasteiger partial charge is 0.391 e. The molecule has 72 valence electrons. The van der Waals surface area contributed by atoms with E-state index >= 15 is 0 Å². The maximum atomic E-state index is 12.1. The number of pyridine rings is 1. The molecule has 0 spiro atoms. The molecular formula is C7H6BrF2NO2. The zero-order valence-corrected chi connectivity index (χ0v) is 7.94. The van der Waals surface area contributed by atoms with Crippen LogP contribution in [-0.4, -0.2) is 10.1 Å². The Morgan fingerprint density at radius 1 is 1.62 bits per heavy atom. The Balaban J connectivity index is 3.29. The molecule has 0 unspecified atom stereocenters. The first-order valence-corrected chi connectivity index (χ1v) is 4.16. The Morgan fingerprint density at radius 3 is 2.62 bits per heavy atom. The van der Waals surface area contributed by atoms with Gasteiger partial charge >= 0.3 is 0 Å². The van der Waals surface area contributed by atoms with Gasteiger partial charge in [0.2, 0.25) is 0 Å². The van der Waals surface area contributed by atoms with E-state index in [1.54, 1.807) is 0 Å². The molecular weight excluding hydrogens is 248 g/mol. The lowest BCUT2D eigenvalue weighted by Gasteiger charge is -2.03. The molecule has 13 heavy (non-hydrogen) atoms. The fraction of sp³-hybridized carbons (Fsp3) is 0.286. The minimum atomic E-state index is -2.73. The molecule has 3 nitrogen and oxygen atoms in total. The first-order chi connectivity index (χ1) is 6.06. The van der Waals surface area contributed by atoms with Gasteiger partial charge in [-0.15, -0.1) is 0 Å². The van der Waals surface area contributed by atoms with Crippen molar-refractivity contribution in [3.63, 3.8) is 0 Å². The molecule has 2 N–H and O–H groups in total. The zero-order chi connectivity index (χ0) is 10.0. The maximum absolute atomic E-state index is 12.1. The van der Waals surface area contributed by atoms with Gasteiger partial charge in [-0.2, -0.15) is 0 Å². The van der Waals surface area contributed by atoms with Gasteiger partial charge in [-0.3, -0.25) is 4.79 Å². The predicted octanol–water partition coefficient (Wildman–Crippen LogP) is 1.57. The van der Waals surface area contributed by atoms with Gasteiger partial charge in [-0.25, -0.2) is 8.78 Å². The van der Waals surface area contributed by atoms with E-state index < -0.39 is 24.2 Å². The number of aliphatic hydroxyl groups is 1. The summed E-state index contributed by atoms with van der Waals surface area (Å²) < 4.78 is 24.3. The lowest BCUT2D eigenvalue weighted by Crippen LogP contribution is -2.12. The smallest absolute Gasteiger partial charge is 0.278 e. The second-order valence-electron chi connectivity index (χ2n) is 2.34. The third-order valence-electron chi connectivity index (χ3n) is 1.50. The van der Waals surface area contributed by atoms with Crippen LogP contribution in [0.2, 0.25) is 0 Å². The minimum absolute atomic E-state index is 0.0457. The van der Waals surface area contributed by atoms with Crippen LogP contribution in [0.1, 0.15) is 17.7 Å². The predicted molar refractivity (Wildman–Crippen MR) is 45.6 cm³/mol. The Bertz CT molecular complexity index is 364. The lowest BCUT2D eigenvalue weighted by atomic mass is 10.2. The van der Waals surface area contributed by atoms with Crippen LogP contribution in [0.5, 0.6) is 0 Å². The molecule has 1 rings (SSSR count). The van der Waals surface area contributed by atoms with Gasteiger partial charge in [0.25, 0.3) is 6.43 Å². The molecule has 0 amide bonds. The number of alkyl halides is 2. The van der Waals surface area contributed by atoms with Crippen molar-refractivity contribution >= 4 is 15.9 Å². The number of nitrogens with one attached hydrogen (secondary N) is 1. The number of aromatic nitrogens is 1. The highest BCUT2D eigenvalue weighted by atomic mass is 79.9. The fourth-order valence-corrected chi connectivity index (χ4v) is 1.39. The Hall–Kier alpha value is -0.750. The molecule has 0 fully saturated rings. The topological polar surface area (TPSA) is 53.1 Å². The van der Waals surface area contributed by atoms with Crippen LogP contribution in [-0.2, 0) is 6.61 Å². The van der Waals surface area contributed by atoms with Crippen molar-refractivity contribution in [3.8, 4) is 0 Å². The van der Waals surface area contributed by atoms with Crippen LogP contribution in [0.15, 0.2) is 15.5 Å². The van der Waals surface area contributed by atoms with Crippen molar-refractivity contribution in [2.45, 2.75) is 13.0 Å². The number of hydrogen-bond donors (Lipinski definition) is 2. The Labute approximate surface area is 80.5 Å². The van der Waals surface area contributed by atoms with Gasteiger partial charge in [-0.05, 0) is 15.9 Å². The Kier molecular flexibility index (Phi) is 3.16. The fourth-order valence-electron chi connectivity index (χ4n) is 0.840. The SMILES string of the molecule is O=c1cc(C(F)F)[nH]c(Br)c1CO. The van der Waals surface area contributed by atoms with E-state index in [9.17, 15) is 13.6 Å². The summed E-state index contributed by atoms with van der Waals surface area (Å²) in [6, 6.07) is 0.779. The molecule has 0 radical (unpaired) electrons. The van der Waals surface area contributed by atoms with Crippen molar-refractivity contribution in [3.05, 3.63) is 32.2 Å². The van der Waals surface area contributed by atoms with Crippen molar-refractivity contribution in [1.29, 1.82) is 0 Å². The summed E-state index contributed by atoms with van der Waals surface area (Å²) in [6.45, 7) is -0.487. The molecule has 1 aromatic rings. The van der Waals surface area contributed by atoms with E-state index in [1.807, 2.05) is 0 Å². The minimum Gasteiger partial charge on any atom is -0.391 e. The van der Waals surface area contributed by atoms with Crippen LogP contribution < -0.4 is 5.43 Å². The van der Waals surface area contributed by atoms with Gasteiger partial charge in [0, 0.05) is 6.07 Å². The van der Waals surface area contributed by atoms with Crippen LogP contribution in [0.4, 0.5) is 8.78 Å². The van der Waals surface area contributed by atoms with Gasteiger partial charge in [0.05, 0.1) is 22.5 Å². The summed E-state index contributed by atoms with van der Waals surface area (Å²) in [5, 5.41) is 8.69. The quantitative estimate of drug-likeness (QED) is 0.787. The summed E-state index contributed by atoms with van der Waals surface area (Å²) in [5.41, 5.74) is -1.03. The average molecular weight is 254 g/mol. The highest BCUT2D eigenvalue weighted by Crippen LogP contribution is 2.18. The molecule has 0 saturated heterocycles. The Morgan fingerprint density at radius 2 is 2.23 bits per heavy atom. The third kappa shape index (κ3) is 2.13. The highest BCUT2D eigenvalue weighted by molar-refractivity contribution is 9.10. The molecule has 1 aromatic heterocycles. The number of halogens is 3. The van der Waals surface area contributed by atoms with E-state index in [4.69, 9.17) is 5.11 Å². The number of aliphatic hydroxyl groups excluding tert-OH is 1. The molecule has 6 heteroatoms. The van der Waals surface area contributed by atoms with Gasteiger partial charge < -0.3 is 10.1 Å². The summed E-state index contributed by atoms with van der Waals surface area (Å²) in [5.74, 6) is 0. The van der Waals surface area contributed by atoms with Crippen molar-refractivity contribution in [1.82, 2.24) is 4.98 Å². The third-order valence-corrected chi connectivity index (χ3v) is 2.17. The lowest BCUT2D eigenvalue weighted by molar-refractivity contribution is 0.145. The molecule has 1 heterocycles. The van der Waals surface area contributed by atoms with Crippen LogP contribution in [0.25, 0.3) is 0 Å². The monoisotopic (exact) mass is 253 g/mol. The van der Waals surface area contributed by atoms with Gasteiger partial charge in [-0.1, -0.05) is 0 Å². The van der Waals surface area contributed by atoms with E-state index in [2.05, 4.69) is 20.9 Å². The van der Waals surface area contributed by atoms with E-state index in [0.29, 0.717) is 0 Å². The molecule has 0 atom stereocenters. The number of H-pyrrole nitrogens is 1. The van der Waals surface area contributed by atoms with Crippen LogP contribution in [0.3, 0.4) is 0 Å². The molecule has 0 aliphatic carbocycles. The molecule has 0 aliphatic rings. The second kappa shape index (κ2) is 3.97.